The fourth-order valence-electron chi connectivity index (χ4n) is 4.64. The first kappa shape index (κ1) is 34.7. The fraction of sp³-hybridized carbons (Fsp3) is 0.281. The monoisotopic (exact) mass is 633 g/mol. The van der Waals surface area contributed by atoms with Gasteiger partial charge in [-0.1, -0.05) is 48.5 Å². The summed E-state index contributed by atoms with van der Waals surface area (Å²) in [6.45, 7) is 0.819. The lowest BCUT2D eigenvalue weighted by molar-refractivity contribution is -0.138. The van der Waals surface area contributed by atoms with E-state index in [2.05, 4.69) is 0 Å². The number of nitrogens with zero attached hydrogens (tertiary/aromatic N) is 2. The van der Waals surface area contributed by atoms with Crippen molar-refractivity contribution in [3.8, 4) is 16.9 Å². The molecular weight excluding hydrogens is 601 g/mol. The second kappa shape index (κ2) is 15.3. The Balaban J connectivity index is 0.000000707. The first-order valence-corrected chi connectivity index (χ1v) is 13.8. The molecule has 1 aromatic heterocycles. The number of hydrogen-bond donors (Lipinski definition) is 2. The van der Waals surface area contributed by atoms with Gasteiger partial charge in [0.1, 0.15) is 5.82 Å². The summed E-state index contributed by atoms with van der Waals surface area (Å²) < 4.78 is 77.8. The van der Waals surface area contributed by atoms with Crippen molar-refractivity contribution in [2.75, 3.05) is 13.7 Å². The zero-order valence-electron chi connectivity index (χ0n) is 24.5. The standard InChI is InChI=1S/C28H23F5N2O3.C4H9NO2/c1-17-24(19-10-6-13-23(38-2)25(19)30)26(36)34(15-14-18-8-4-3-5-9-18)27(37)35(17)16-20-21(28(31,32)33)11-7-12-22(20)29;5-3-1-2-4(6)7/h3-13H,14-16H2,1-2H3;1-3,5H2,(H,6,7). The zero-order chi connectivity index (χ0) is 33.3. The molecule has 0 radical (unpaired) electrons. The van der Waals surface area contributed by atoms with E-state index in [4.69, 9.17) is 15.6 Å². The number of hydrogen-bond acceptors (Lipinski definition) is 5. The molecule has 8 nitrogen and oxygen atoms in total. The molecular formula is C32H32F5N3O5. The minimum absolute atomic E-state index is 0.112. The average Bonchev–Trinajstić information content (AvgIpc) is 3.00. The van der Waals surface area contributed by atoms with Gasteiger partial charge in [0, 0.05) is 29.8 Å². The van der Waals surface area contributed by atoms with Crippen LogP contribution in [-0.4, -0.2) is 33.9 Å². The van der Waals surface area contributed by atoms with Gasteiger partial charge in [-0.25, -0.2) is 13.6 Å². The molecule has 45 heavy (non-hydrogen) atoms. The Bertz CT molecular complexity index is 1750. The van der Waals surface area contributed by atoms with Crippen LogP contribution in [0.15, 0.2) is 76.3 Å². The third kappa shape index (κ3) is 8.44. The highest BCUT2D eigenvalue weighted by Gasteiger charge is 2.35. The van der Waals surface area contributed by atoms with Gasteiger partial charge in [0.25, 0.3) is 5.56 Å². The molecule has 3 N–H and O–H groups in total. The van der Waals surface area contributed by atoms with Crippen LogP contribution in [0.1, 0.15) is 35.2 Å². The summed E-state index contributed by atoms with van der Waals surface area (Å²) in [6, 6.07) is 15.5. The Kier molecular flexibility index (Phi) is 11.8. The van der Waals surface area contributed by atoms with Gasteiger partial charge in [-0.2, -0.15) is 13.2 Å². The van der Waals surface area contributed by atoms with Crippen molar-refractivity contribution in [2.24, 2.45) is 5.73 Å². The van der Waals surface area contributed by atoms with Crippen LogP contribution >= 0.6 is 0 Å². The largest absolute Gasteiger partial charge is 0.494 e. The number of aromatic nitrogens is 2. The minimum atomic E-state index is -4.89. The maximum absolute atomic E-state index is 15.3. The van der Waals surface area contributed by atoms with Crippen molar-refractivity contribution in [1.29, 1.82) is 0 Å². The summed E-state index contributed by atoms with van der Waals surface area (Å²) in [7, 11) is 1.24. The number of carbonyl (C=O) groups is 1. The number of aryl methyl sites for hydroxylation is 1. The van der Waals surface area contributed by atoms with Crippen molar-refractivity contribution >= 4 is 5.97 Å². The van der Waals surface area contributed by atoms with E-state index in [9.17, 15) is 31.9 Å². The summed E-state index contributed by atoms with van der Waals surface area (Å²) in [5.41, 5.74) is 1.49. The fourth-order valence-corrected chi connectivity index (χ4v) is 4.64. The second-order valence-electron chi connectivity index (χ2n) is 9.89. The smallest absolute Gasteiger partial charge is 0.416 e. The third-order valence-corrected chi connectivity index (χ3v) is 6.94. The number of halogens is 5. The van der Waals surface area contributed by atoms with Gasteiger partial charge in [0.05, 0.1) is 24.8 Å². The van der Waals surface area contributed by atoms with Crippen molar-refractivity contribution in [3.63, 3.8) is 0 Å². The molecule has 3 aromatic carbocycles. The molecule has 1 heterocycles. The van der Waals surface area contributed by atoms with Crippen molar-refractivity contribution in [3.05, 3.63) is 122 Å². The molecule has 0 unspecified atom stereocenters. The first-order chi connectivity index (χ1) is 21.3. The van der Waals surface area contributed by atoms with E-state index in [0.717, 1.165) is 26.8 Å². The normalized spacial score (nSPS) is 11.1. The number of aliphatic carboxylic acids is 1. The zero-order valence-corrected chi connectivity index (χ0v) is 24.5. The van der Waals surface area contributed by atoms with Crippen molar-refractivity contribution in [1.82, 2.24) is 9.13 Å². The van der Waals surface area contributed by atoms with E-state index >= 15 is 4.39 Å². The average molecular weight is 634 g/mol. The number of benzene rings is 3. The predicted octanol–water partition coefficient (Wildman–Crippen LogP) is 5.39. The summed E-state index contributed by atoms with van der Waals surface area (Å²) >= 11 is 0. The topological polar surface area (TPSA) is 117 Å². The summed E-state index contributed by atoms with van der Waals surface area (Å²) in [5.74, 6) is -2.98. The number of rotatable bonds is 10. The summed E-state index contributed by atoms with van der Waals surface area (Å²) in [6.07, 6.45) is -3.88. The molecule has 0 aliphatic rings. The molecule has 240 valence electrons. The molecule has 4 aromatic rings. The van der Waals surface area contributed by atoms with Crippen LogP contribution in [0.25, 0.3) is 11.1 Å². The van der Waals surface area contributed by atoms with E-state index in [0.29, 0.717) is 19.0 Å². The Labute approximate surface area is 255 Å². The van der Waals surface area contributed by atoms with Gasteiger partial charge in [-0.3, -0.25) is 18.7 Å². The van der Waals surface area contributed by atoms with Crippen molar-refractivity contribution in [2.45, 2.75) is 45.5 Å². The molecule has 4 rings (SSSR count). The lowest BCUT2D eigenvalue weighted by Crippen LogP contribution is -2.43. The van der Waals surface area contributed by atoms with Crippen LogP contribution in [0.5, 0.6) is 5.75 Å². The molecule has 0 amide bonds. The lowest BCUT2D eigenvalue weighted by Gasteiger charge is -2.20. The summed E-state index contributed by atoms with van der Waals surface area (Å²) in [5, 5.41) is 7.99. The molecule has 0 saturated heterocycles. The van der Waals surface area contributed by atoms with Gasteiger partial charge in [0.2, 0.25) is 0 Å². The van der Waals surface area contributed by atoms with Crippen LogP contribution in [0, 0.1) is 18.6 Å². The van der Waals surface area contributed by atoms with Crippen LogP contribution < -0.4 is 21.7 Å². The third-order valence-electron chi connectivity index (χ3n) is 6.94. The van der Waals surface area contributed by atoms with E-state index in [1.165, 1.54) is 32.2 Å². The quantitative estimate of drug-likeness (QED) is 0.226. The number of carboxylic acids is 1. The highest BCUT2D eigenvalue weighted by molar-refractivity contribution is 5.67. The predicted molar refractivity (Wildman–Crippen MR) is 158 cm³/mol. The van der Waals surface area contributed by atoms with Crippen LogP contribution in [0.4, 0.5) is 22.0 Å². The Morgan fingerprint density at radius 2 is 1.62 bits per heavy atom. The molecule has 0 spiro atoms. The lowest BCUT2D eigenvalue weighted by atomic mass is 10.0. The molecule has 13 heteroatoms. The van der Waals surface area contributed by atoms with Gasteiger partial charge < -0.3 is 15.6 Å². The molecule has 0 aliphatic carbocycles. The number of alkyl halides is 3. The molecule has 0 bridgehead atoms. The Morgan fingerprint density at radius 3 is 2.20 bits per heavy atom. The second-order valence-corrected chi connectivity index (χ2v) is 9.89. The van der Waals surface area contributed by atoms with E-state index in [1.54, 1.807) is 30.3 Å². The molecule has 0 atom stereocenters. The van der Waals surface area contributed by atoms with Gasteiger partial charge >= 0.3 is 17.8 Å². The Hall–Kier alpha value is -4.78. The van der Waals surface area contributed by atoms with Gasteiger partial charge in [-0.15, -0.1) is 0 Å². The number of methoxy groups -OCH3 is 1. The van der Waals surface area contributed by atoms with Crippen LogP contribution in [0.2, 0.25) is 0 Å². The number of ether oxygens (including phenoxy) is 1. The van der Waals surface area contributed by atoms with E-state index in [1.807, 2.05) is 0 Å². The molecule has 0 aliphatic heterocycles. The maximum atomic E-state index is 15.3. The minimum Gasteiger partial charge on any atom is -0.494 e. The van der Waals surface area contributed by atoms with E-state index in [-0.39, 0.29) is 42.0 Å². The number of nitrogens with two attached hydrogens (primary N) is 1. The number of carboxylic acid groups (broad SMARTS) is 1. The van der Waals surface area contributed by atoms with E-state index < -0.39 is 52.7 Å². The van der Waals surface area contributed by atoms with Gasteiger partial charge in [0.15, 0.2) is 11.6 Å². The van der Waals surface area contributed by atoms with Crippen LogP contribution in [0.3, 0.4) is 0 Å². The highest BCUT2D eigenvalue weighted by atomic mass is 19.4. The van der Waals surface area contributed by atoms with Crippen LogP contribution in [-0.2, 0) is 30.5 Å². The summed E-state index contributed by atoms with van der Waals surface area (Å²) in [4.78, 5) is 36.8. The van der Waals surface area contributed by atoms with Crippen molar-refractivity contribution < 1.29 is 36.6 Å². The SMILES string of the molecule is COc1cccc(-c2c(C)n(Cc3c(F)cccc3C(F)(F)F)c(=O)n(CCc3ccccc3)c2=O)c1F.NCCCC(=O)O. The first-order valence-electron chi connectivity index (χ1n) is 13.8. The maximum Gasteiger partial charge on any atom is 0.416 e. The Morgan fingerprint density at radius 1 is 0.956 bits per heavy atom. The molecule has 0 saturated carbocycles. The molecule has 0 fully saturated rings. The van der Waals surface area contributed by atoms with Gasteiger partial charge in [-0.05, 0) is 50.1 Å². The highest BCUT2D eigenvalue weighted by Crippen LogP contribution is 2.34.